The molecule has 0 amide bonds. The van der Waals surface area contributed by atoms with Crippen LogP contribution < -0.4 is 4.74 Å². The normalized spacial score (nSPS) is 9.90. The number of carbonyl (C=O) groups excluding carboxylic acids is 2. The van der Waals surface area contributed by atoms with Crippen LogP contribution in [0.5, 0.6) is 5.75 Å². The Kier molecular flexibility index (Phi) is 4.40. The Bertz CT molecular complexity index is 696. The first kappa shape index (κ1) is 14.4. The van der Waals surface area contributed by atoms with Crippen molar-refractivity contribution in [3.05, 3.63) is 69.3 Å². The first-order valence-corrected chi connectivity index (χ1v) is 6.05. The van der Waals surface area contributed by atoms with Crippen LogP contribution >= 0.6 is 0 Å². The quantitative estimate of drug-likeness (QED) is 0.462. The number of ether oxygens (including phenoxy) is 1. The lowest BCUT2D eigenvalue weighted by atomic mass is 10.1. The maximum atomic E-state index is 11.0. The molecular weight excluding hydrogens is 274 g/mol. The van der Waals surface area contributed by atoms with E-state index in [4.69, 9.17) is 4.74 Å². The van der Waals surface area contributed by atoms with Crippen LogP contribution in [-0.4, -0.2) is 17.5 Å². The fourth-order valence-corrected chi connectivity index (χ4v) is 1.83. The monoisotopic (exact) mass is 285 g/mol. The van der Waals surface area contributed by atoms with Gasteiger partial charge in [0.05, 0.1) is 16.1 Å². The predicted molar refractivity (Wildman–Crippen MR) is 74.6 cm³/mol. The Morgan fingerprint density at radius 1 is 1.10 bits per heavy atom. The van der Waals surface area contributed by atoms with Crippen LogP contribution in [0.1, 0.15) is 26.3 Å². The summed E-state index contributed by atoms with van der Waals surface area (Å²) in [4.78, 5) is 32.0. The summed E-state index contributed by atoms with van der Waals surface area (Å²) in [6.45, 7) is -0.0432. The Balaban J connectivity index is 2.22. The van der Waals surface area contributed by atoms with Gasteiger partial charge in [-0.1, -0.05) is 12.1 Å². The lowest BCUT2D eigenvalue weighted by molar-refractivity contribution is -0.385. The summed E-state index contributed by atoms with van der Waals surface area (Å²) in [6.07, 6.45) is 1.19. The average molecular weight is 285 g/mol. The molecule has 0 heterocycles. The van der Waals surface area contributed by atoms with Gasteiger partial charge in [0.2, 0.25) is 0 Å². The third-order valence-corrected chi connectivity index (χ3v) is 2.87. The highest BCUT2D eigenvalue weighted by Gasteiger charge is 2.13. The van der Waals surface area contributed by atoms with E-state index >= 15 is 0 Å². The molecule has 0 spiro atoms. The van der Waals surface area contributed by atoms with Crippen molar-refractivity contribution < 1.29 is 19.2 Å². The molecule has 21 heavy (non-hydrogen) atoms. The van der Waals surface area contributed by atoms with Crippen LogP contribution in [0.2, 0.25) is 0 Å². The Hall–Kier alpha value is -3.02. The number of aldehydes is 2. The van der Waals surface area contributed by atoms with Crippen LogP contribution in [0.3, 0.4) is 0 Å². The second-order valence-corrected chi connectivity index (χ2v) is 4.21. The number of hydrogen-bond acceptors (Lipinski definition) is 5. The molecule has 6 nitrogen and oxygen atoms in total. The molecule has 6 heteroatoms. The second kappa shape index (κ2) is 6.42. The number of hydrogen-bond donors (Lipinski definition) is 0. The van der Waals surface area contributed by atoms with Crippen LogP contribution in [0.25, 0.3) is 0 Å². The average Bonchev–Trinajstić information content (AvgIpc) is 2.52. The van der Waals surface area contributed by atoms with Gasteiger partial charge < -0.3 is 4.74 Å². The van der Waals surface area contributed by atoms with E-state index in [2.05, 4.69) is 0 Å². The Morgan fingerprint density at radius 2 is 1.86 bits per heavy atom. The largest absolute Gasteiger partial charge is 0.488 e. The minimum Gasteiger partial charge on any atom is -0.488 e. The summed E-state index contributed by atoms with van der Waals surface area (Å²) in [7, 11) is 0. The van der Waals surface area contributed by atoms with Gasteiger partial charge in [0.25, 0.3) is 5.69 Å². The van der Waals surface area contributed by atoms with Crippen molar-refractivity contribution in [2.75, 3.05) is 0 Å². The molecule has 0 atom stereocenters. The van der Waals surface area contributed by atoms with Crippen molar-refractivity contribution in [3.63, 3.8) is 0 Å². The summed E-state index contributed by atoms with van der Waals surface area (Å²) >= 11 is 0. The minimum atomic E-state index is -0.491. The maximum Gasteiger partial charge on any atom is 0.276 e. The molecule has 0 saturated carbocycles. The van der Waals surface area contributed by atoms with Gasteiger partial charge in [-0.2, -0.15) is 0 Å². The van der Waals surface area contributed by atoms with E-state index in [1.165, 1.54) is 24.3 Å². The summed E-state index contributed by atoms with van der Waals surface area (Å²) < 4.78 is 5.45. The molecular formula is C15H11NO5. The third kappa shape index (κ3) is 3.30. The summed E-state index contributed by atoms with van der Waals surface area (Å²) in [5.41, 5.74) is 0.932. The lowest BCUT2D eigenvalue weighted by Crippen LogP contribution is -2.02. The topological polar surface area (TPSA) is 86.5 Å². The standard InChI is InChI=1S/C15H11NO5/c17-8-11-5-6-15(13(7-11)9-18)21-10-12-3-1-2-4-14(12)16(19)20/h1-9H,10H2. The molecule has 2 rings (SSSR count). The van der Waals surface area contributed by atoms with Gasteiger partial charge in [-0.05, 0) is 24.3 Å². The molecule has 0 aliphatic carbocycles. The van der Waals surface area contributed by atoms with Gasteiger partial charge in [-0.15, -0.1) is 0 Å². The lowest BCUT2D eigenvalue weighted by Gasteiger charge is -2.09. The van der Waals surface area contributed by atoms with E-state index < -0.39 is 4.92 Å². The van der Waals surface area contributed by atoms with Gasteiger partial charge in [0, 0.05) is 11.6 Å². The maximum absolute atomic E-state index is 11.0. The summed E-state index contributed by atoms with van der Waals surface area (Å²) in [5.74, 6) is 0.272. The SMILES string of the molecule is O=Cc1ccc(OCc2ccccc2[N+](=O)[O-])c(C=O)c1. The van der Waals surface area contributed by atoms with E-state index in [9.17, 15) is 19.7 Å². The number of rotatable bonds is 6. The molecule has 106 valence electrons. The van der Waals surface area contributed by atoms with Crippen molar-refractivity contribution >= 4 is 18.3 Å². The van der Waals surface area contributed by atoms with E-state index in [1.807, 2.05) is 0 Å². The third-order valence-electron chi connectivity index (χ3n) is 2.87. The van der Waals surface area contributed by atoms with Crippen LogP contribution in [0.15, 0.2) is 42.5 Å². The molecule has 0 aliphatic rings. The Labute approximate surface area is 120 Å². The van der Waals surface area contributed by atoms with Crippen molar-refractivity contribution in [2.24, 2.45) is 0 Å². The van der Waals surface area contributed by atoms with Crippen LogP contribution in [0, 0.1) is 10.1 Å². The predicted octanol–water partition coefficient (Wildman–Crippen LogP) is 2.80. The highest BCUT2D eigenvalue weighted by atomic mass is 16.6. The fraction of sp³-hybridized carbons (Fsp3) is 0.0667. The van der Waals surface area contributed by atoms with Crippen molar-refractivity contribution in [1.82, 2.24) is 0 Å². The van der Waals surface area contributed by atoms with Crippen molar-refractivity contribution in [2.45, 2.75) is 6.61 Å². The zero-order chi connectivity index (χ0) is 15.2. The van der Waals surface area contributed by atoms with Gasteiger partial charge in [-0.3, -0.25) is 19.7 Å². The number of nitro groups is 1. The summed E-state index contributed by atoms with van der Waals surface area (Å²) in [5, 5.41) is 10.9. The van der Waals surface area contributed by atoms with Crippen molar-refractivity contribution in [3.8, 4) is 5.75 Å². The van der Waals surface area contributed by atoms with Gasteiger partial charge in [0.15, 0.2) is 6.29 Å². The number of benzene rings is 2. The molecule has 0 aliphatic heterocycles. The van der Waals surface area contributed by atoms with Crippen molar-refractivity contribution in [1.29, 1.82) is 0 Å². The molecule has 2 aromatic rings. The van der Waals surface area contributed by atoms with Gasteiger partial charge in [0.1, 0.15) is 18.6 Å². The molecule has 0 unspecified atom stereocenters. The minimum absolute atomic E-state index is 0.0432. The molecule has 0 fully saturated rings. The van der Waals surface area contributed by atoms with Gasteiger partial charge >= 0.3 is 0 Å². The number of para-hydroxylation sites is 1. The molecule has 0 radical (unpaired) electrons. The highest BCUT2D eigenvalue weighted by molar-refractivity contribution is 5.84. The van der Waals surface area contributed by atoms with E-state index in [0.29, 0.717) is 23.7 Å². The van der Waals surface area contributed by atoms with Crippen LogP contribution in [-0.2, 0) is 6.61 Å². The molecule has 2 aromatic carbocycles. The fourth-order valence-electron chi connectivity index (χ4n) is 1.83. The molecule has 0 saturated heterocycles. The first-order valence-electron chi connectivity index (χ1n) is 6.05. The first-order chi connectivity index (χ1) is 10.2. The van der Waals surface area contributed by atoms with E-state index in [-0.39, 0.29) is 23.6 Å². The van der Waals surface area contributed by atoms with E-state index in [0.717, 1.165) is 0 Å². The Morgan fingerprint density at radius 3 is 2.52 bits per heavy atom. The molecule has 0 bridgehead atoms. The second-order valence-electron chi connectivity index (χ2n) is 4.21. The molecule has 0 aromatic heterocycles. The van der Waals surface area contributed by atoms with E-state index in [1.54, 1.807) is 18.2 Å². The smallest absolute Gasteiger partial charge is 0.276 e. The zero-order valence-electron chi connectivity index (χ0n) is 10.9. The molecule has 0 N–H and O–H groups in total. The number of nitro benzene ring substituents is 1. The van der Waals surface area contributed by atoms with Gasteiger partial charge in [-0.25, -0.2) is 0 Å². The number of nitrogens with zero attached hydrogens (tertiary/aromatic N) is 1. The zero-order valence-corrected chi connectivity index (χ0v) is 10.9. The number of carbonyl (C=O) groups is 2. The summed E-state index contributed by atoms with van der Waals surface area (Å²) in [6, 6.07) is 10.6. The highest BCUT2D eigenvalue weighted by Crippen LogP contribution is 2.23. The van der Waals surface area contributed by atoms with Crippen LogP contribution in [0.4, 0.5) is 5.69 Å².